The normalized spacial score (nSPS) is 21.6. The molecule has 110 valence electrons. The molecule has 20 heavy (non-hydrogen) atoms. The highest BCUT2D eigenvalue weighted by Gasteiger charge is 2.37. The van der Waals surface area contributed by atoms with Crippen molar-refractivity contribution in [1.29, 1.82) is 0 Å². The van der Waals surface area contributed by atoms with E-state index < -0.39 is 33.4 Å². The summed E-state index contributed by atoms with van der Waals surface area (Å²) in [6.07, 6.45) is -5.00. The van der Waals surface area contributed by atoms with Gasteiger partial charge in [-0.25, -0.2) is 8.42 Å². The molecule has 1 heterocycles. The van der Waals surface area contributed by atoms with Gasteiger partial charge in [0.05, 0.1) is 17.1 Å². The highest BCUT2D eigenvalue weighted by atomic mass is 32.2. The lowest BCUT2D eigenvalue weighted by atomic mass is 10.1. The lowest BCUT2D eigenvalue weighted by molar-refractivity contribution is -0.139. The SMILES string of the molecule is O=Cc1ccc(OC2CCS(=O)(=O)C2)c(C(F)(F)F)c1. The summed E-state index contributed by atoms with van der Waals surface area (Å²) >= 11 is 0. The van der Waals surface area contributed by atoms with E-state index >= 15 is 0 Å². The fourth-order valence-corrected chi connectivity index (χ4v) is 3.57. The third-order valence-corrected chi connectivity index (χ3v) is 4.67. The molecule has 0 amide bonds. The summed E-state index contributed by atoms with van der Waals surface area (Å²) in [6, 6.07) is 2.92. The molecule has 0 N–H and O–H groups in total. The van der Waals surface area contributed by atoms with Gasteiger partial charge in [-0.1, -0.05) is 0 Å². The van der Waals surface area contributed by atoms with Crippen LogP contribution >= 0.6 is 0 Å². The van der Waals surface area contributed by atoms with Gasteiger partial charge in [0.15, 0.2) is 9.84 Å². The van der Waals surface area contributed by atoms with Crippen LogP contribution < -0.4 is 4.74 Å². The molecule has 0 aromatic heterocycles. The number of halogens is 3. The van der Waals surface area contributed by atoms with Gasteiger partial charge in [0.25, 0.3) is 0 Å². The zero-order chi connectivity index (χ0) is 15.0. The second kappa shape index (κ2) is 5.08. The highest BCUT2D eigenvalue weighted by Crippen LogP contribution is 2.37. The molecule has 0 spiro atoms. The average molecular weight is 308 g/mol. The molecule has 1 aromatic rings. The maximum atomic E-state index is 12.9. The fourth-order valence-electron chi connectivity index (χ4n) is 1.98. The quantitative estimate of drug-likeness (QED) is 0.802. The van der Waals surface area contributed by atoms with Gasteiger partial charge in [0, 0.05) is 5.56 Å². The standard InChI is InChI=1S/C12H11F3O4S/c13-12(14,15)10-5-8(6-16)1-2-11(10)19-9-3-4-20(17,18)7-9/h1-2,5-6,9H,3-4,7H2. The van der Waals surface area contributed by atoms with Crippen LogP contribution in [0.4, 0.5) is 13.2 Å². The predicted molar refractivity (Wildman–Crippen MR) is 64.5 cm³/mol. The summed E-state index contributed by atoms with van der Waals surface area (Å²) in [5.41, 5.74) is -1.20. The molecule has 0 radical (unpaired) electrons. The van der Waals surface area contributed by atoms with Crippen molar-refractivity contribution < 1.29 is 31.1 Å². The van der Waals surface area contributed by atoms with Crippen LogP contribution in [-0.2, 0) is 16.0 Å². The number of alkyl halides is 3. The summed E-state index contributed by atoms with van der Waals surface area (Å²) in [4.78, 5) is 10.5. The number of rotatable bonds is 3. The minimum absolute atomic E-state index is 0.0918. The van der Waals surface area contributed by atoms with E-state index in [4.69, 9.17) is 4.74 Å². The minimum atomic E-state index is -4.67. The molecular weight excluding hydrogens is 297 g/mol. The van der Waals surface area contributed by atoms with E-state index in [1.165, 1.54) is 6.07 Å². The number of aldehydes is 1. The number of sulfone groups is 1. The van der Waals surface area contributed by atoms with Gasteiger partial charge in [-0.3, -0.25) is 4.79 Å². The molecule has 1 fully saturated rings. The Morgan fingerprint density at radius 2 is 2.00 bits per heavy atom. The number of hydrogen-bond acceptors (Lipinski definition) is 4. The largest absolute Gasteiger partial charge is 0.489 e. The van der Waals surface area contributed by atoms with Crippen LogP contribution in [-0.4, -0.2) is 32.3 Å². The van der Waals surface area contributed by atoms with Gasteiger partial charge >= 0.3 is 6.18 Å². The highest BCUT2D eigenvalue weighted by molar-refractivity contribution is 7.91. The van der Waals surface area contributed by atoms with Crippen LogP contribution in [0.3, 0.4) is 0 Å². The lowest BCUT2D eigenvalue weighted by Crippen LogP contribution is -2.20. The molecule has 0 bridgehead atoms. The van der Waals surface area contributed by atoms with Gasteiger partial charge in [-0.05, 0) is 24.6 Å². The number of benzene rings is 1. The fraction of sp³-hybridized carbons (Fsp3) is 0.417. The van der Waals surface area contributed by atoms with Gasteiger partial charge in [-0.2, -0.15) is 13.2 Å². The summed E-state index contributed by atoms with van der Waals surface area (Å²) in [7, 11) is -3.24. The first-order valence-electron chi connectivity index (χ1n) is 5.75. The maximum Gasteiger partial charge on any atom is 0.419 e. The molecule has 1 saturated heterocycles. The molecule has 0 aliphatic carbocycles. The van der Waals surface area contributed by atoms with E-state index in [9.17, 15) is 26.4 Å². The molecule has 4 nitrogen and oxygen atoms in total. The lowest BCUT2D eigenvalue weighted by Gasteiger charge is -2.17. The molecule has 1 unspecified atom stereocenters. The van der Waals surface area contributed by atoms with Gasteiger partial charge in [0.2, 0.25) is 0 Å². The first-order chi connectivity index (χ1) is 9.21. The number of carbonyl (C=O) groups excluding carboxylic acids is 1. The first-order valence-corrected chi connectivity index (χ1v) is 7.57. The average Bonchev–Trinajstić information content (AvgIpc) is 2.68. The minimum Gasteiger partial charge on any atom is -0.489 e. The molecular formula is C12H11F3O4S. The Morgan fingerprint density at radius 3 is 2.50 bits per heavy atom. The van der Waals surface area contributed by atoms with Gasteiger partial charge in [0.1, 0.15) is 18.1 Å². The first kappa shape index (κ1) is 14.8. The summed E-state index contributed by atoms with van der Waals surface area (Å²) < 4.78 is 66.3. The maximum absolute atomic E-state index is 12.9. The Morgan fingerprint density at radius 1 is 1.30 bits per heavy atom. The van der Waals surface area contributed by atoms with Crippen LogP contribution in [0.2, 0.25) is 0 Å². The predicted octanol–water partition coefficient (Wildman–Crippen LogP) is 2.08. The number of hydrogen-bond donors (Lipinski definition) is 0. The molecule has 1 aliphatic heterocycles. The molecule has 1 aromatic carbocycles. The summed E-state index contributed by atoms with van der Waals surface area (Å²) in [5, 5.41) is 0. The molecule has 8 heteroatoms. The third-order valence-electron chi connectivity index (χ3n) is 2.93. The van der Waals surface area contributed by atoms with Crippen LogP contribution in [0.5, 0.6) is 5.75 Å². The number of ether oxygens (including phenoxy) is 1. The van der Waals surface area contributed by atoms with E-state index in [0.717, 1.165) is 6.07 Å². The van der Waals surface area contributed by atoms with Gasteiger partial charge < -0.3 is 4.74 Å². The van der Waals surface area contributed by atoms with Crippen LogP contribution in [0, 0.1) is 0 Å². The van der Waals surface area contributed by atoms with E-state index in [1.807, 2.05) is 0 Å². The zero-order valence-corrected chi connectivity index (χ0v) is 11.0. The van der Waals surface area contributed by atoms with Gasteiger partial charge in [-0.15, -0.1) is 0 Å². The Bertz CT molecular complexity index is 622. The Hall–Kier alpha value is -1.57. The van der Waals surface area contributed by atoms with Crippen molar-refractivity contribution >= 4 is 16.1 Å². The van der Waals surface area contributed by atoms with Crippen molar-refractivity contribution in [3.63, 3.8) is 0 Å². The van der Waals surface area contributed by atoms with Crippen molar-refractivity contribution in [2.45, 2.75) is 18.7 Å². The van der Waals surface area contributed by atoms with Crippen molar-refractivity contribution in [2.75, 3.05) is 11.5 Å². The second-order valence-electron chi connectivity index (χ2n) is 4.51. The van der Waals surface area contributed by atoms with Crippen LogP contribution in [0.25, 0.3) is 0 Å². The van der Waals surface area contributed by atoms with Crippen LogP contribution in [0.15, 0.2) is 18.2 Å². The van der Waals surface area contributed by atoms with Crippen LogP contribution in [0.1, 0.15) is 22.3 Å². The van der Waals surface area contributed by atoms with E-state index in [1.54, 1.807) is 0 Å². The van der Waals surface area contributed by atoms with Crippen molar-refractivity contribution in [2.24, 2.45) is 0 Å². The van der Waals surface area contributed by atoms with Crippen molar-refractivity contribution in [3.8, 4) is 5.75 Å². The van der Waals surface area contributed by atoms with E-state index in [2.05, 4.69) is 0 Å². The molecule has 2 rings (SSSR count). The second-order valence-corrected chi connectivity index (χ2v) is 6.74. The third kappa shape index (κ3) is 3.30. The Balaban J connectivity index is 2.30. The number of carbonyl (C=O) groups is 1. The van der Waals surface area contributed by atoms with E-state index in [-0.39, 0.29) is 23.5 Å². The smallest absolute Gasteiger partial charge is 0.419 e. The Kier molecular flexibility index (Phi) is 3.77. The summed E-state index contributed by atoms with van der Waals surface area (Å²) in [5.74, 6) is -0.837. The van der Waals surface area contributed by atoms with E-state index in [0.29, 0.717) is 12.4 Å². The Labute approximate surface area is 113 Å². The van der Waals surface area contributed by atoms with Crippen molar-refractivity contribution in [1.82, 2.24) is 0 Å². The zero-order valence-electron chi connectivity index (χ0n) is 10.2. The summed E-state index contributed by atoms with van der Waals surface area (Å²) in [6.45, 7) is 0. The molecule has 0 saturated carbocycles. The molecule has 1 aliphatic rings. The molecule has 1 atom stereocenters. The van der Waals surface area contributed by atoms with Crippen molar-refractivity contribution in [3.05, 3.63) is 29.3 Å². The topological polar surface area (TPSA) is 60.4 Å². The monoisotopic (exact) mass is 308 g/mol.